The molecule has 0 radical (unpaired) electrons. The van der Waals surface area contributed by atoms with E-state index in [2.05, 4.69) is 26.2 Å². The standard InChI is InChI=1S/C25H29BrF2N6O2/c26-15-18(35)13-16-5-7-17(8-6-16)29-21-14-22(32-25(31-21)33-9-11-36-12-10-33)34-20-4-2-1-3-19(20)30-24(34)23(27)28/h1-4,14,16-17,23H,5-13,15H2,(H,29,31,32). The lowest BCUT2D eigenvalue weighted by Crippen LogP contribution is -2.37. The van der Waals surface area contributed by atoms with Crippen molar-refractivity contribution in [3.8, 4) is 5.82 Å². The number of morpholine rings is 1. The van der Waals surface area contributed by atoms with Crippen LogP contribution in [0.15, 0.2) is 30.3 Å². The molecule has 0 spiro atoms. The van der Waals surface area contributed by atoms with E-state index >= 15 is 0 Å². The molecule has 1 aliphatic carbocycles. The van der Waals surface area contributed by atoms with Gasteiger partial charge in [0.25, 0.3) is 6.43 Å². The molecule has 0 amide bonds. The molecule has 2 aliphatic rings. The highest BCUT2D eigenvalue weighted by atomic mass is 79.9. The van der Waals surface area contributed by atoms with Crippen molar-refractivity contribution < 1.29 is 18.3 Å². The summed E-state index contributed by atoms with van der Waals surface area (Å²) >= 11 is 3.25. The summed E-state index contributed by atoms with van der Waals surface area (Å²) in [6.45, 7) is 2.37. The Bertz CT molecular complexity index is 1210. The predicted molar refractivity (Wildman–Crippen MR) is 137 cm³/mol. The predicted octanol–water partition coefficient (Wildman–Crippen LogP) is 4.91. The Morgan fingerprint density at radius 2 is 1.86 bits per heavy atom. The third kappa shape index (κ3) is 5.51. The van der Waals surface area contributed by atoms with E-state index in [9.17, 15) is 13.6 Å². The number of halogens is 3. The molecule has 0 unspecified atom stereocenters. The Hall–Kier alpha value is -2.66. The minimum Gasteiger partial charge on any atom is -0.378 e. The first-order valence-electron chi connectivity index (χ1n) is 12.3. The summed E-state index contributed by atoms with van der Waals surface area (Å²) in [6, 6.07) is 8.99. The number of ether oxygens (including phenoxy) is 1. The Labute approximate surface area is 216 Å². The first-order chi connectivity index (χ1) is 17.5. The van der Waals surface area contributed by atoms with Crippen LogP contribution in [-0.4, -0.2) is 63.0 Å². The van der Waals surface area contributed by atoms with Crippen LogP contribution in [0.5, 0.6) is 0 Å². The Balaban J connectivity index is 1.46. The number of alkyl halides is 3. The molecule has 3 heterocycles. The number of aromatic nitrogens is 4. The van der Waals surface area contributed by atoms with Crippen molar-refractivity contribution in [2.75, 3.05) is 41.9 Å². The lowest BCUT2D eigenvalue weighted by Gasteiger charge is -2.30. The van der Waals surface area contributed by atoms with Crippen LogP contribution in [0.4, 0.5) is 20.5 Å². The topological polar surface area (TPSA) is 85.2 Å². The number of fused-ring (bicyclic) bond motifs is 1. The van der Waals surface area contributed by atoms with Crippen molar-refractivity contribution >= 4 is 44.5 Å². The summed E-state index contributed by atoms with van der Waals surface area (Å²) in [4.78, 5) is 27.5. The number of hydrogen-bond acceptors (Lipinski definition) is 7. The maximum Gasteiger partial charge on any atom is 0.296 e. The summed E-state index contributed by atoms with van der Waals surface area (Å²) < 4.78 is 35.0. The number of carbonyl (C=O) groups is 1. The van der Waals surface area contributed by atoms with Crippen LogP contribution in [-0.2, 0) is 9.53 Å². The maximum absolute atomic E-state index is 14.0. The van der Waals surface area contributed by atoms with Crippen LogP contribution in [0.3, 0.4) is 0 Å². The molecule has 1 N–H and O–H groups in total. The van der Waals surface area contributed by atoms with E-state index in [0.717, 1.165) is 25.7 Å². The molecule has 2 fully saturated rings. The van der Waals surface area contributed by atoms with Crippen molar-refractivity contribution in [2.45, 2.75) is 44.6 Å². The Kier molecular flexibility index (Phi) is 7.76. The molecule has 5 rings (SSSR count). The first-order valence-corrected chi connectivity index (χ1v) is 13.5. The van der Waals surface area contributed by atoms with Crippen LogP contribution in [0.1, 0.15) is 44.4 Å². The molecule has 1 saturated carbocycles. The van der Waals surface area contributed by atoms with Gasteiger partial charge in [0, 0.05) is 31.6 Å². The molecule has 192 valence electrons. The van der Waals surface area contributed by atoms with Crippen molar-refractivity contribution in [3.63, 3.8) is 0 Å². The number of rotatable bonds is 8. The number of ketones is 1. The molecular formula is C25H29BrF2N6O2. The molecule has 0 atom stereocenters. The van der Waals surface area contributed by atoms with Gasteiger partial charge in [-0.15, -0.1) is 0 Å². The van der Waals surface area contributed by atoms with Crippen LogP contribution < -0.4 is 10.2 Å². The molecule has 11 heteroatoms. The fraction of sp³-hybridized carbons (Fsp3) is 0.520. The number of para-hydroxylation sites is 2. The highest BCUT2D eigenvalue weighted by Gasteiger charge is 2.26. The fourth-order valence-electron chi connectivity index (χ4n) is 5.04. The second-order valence-electron chi connectivity index (χ2n) is 9.34. The average Bonchev–Trinajstić information content (AvgIpc) is 3.30. The Morgan fingerprint density at radius 1 is 1.11 bits per heavy atom. The fourth-order valence-corrected chi connectivity index (χ4v) is 5.27. The smallest absolute Gasteiger partial charge is 0.296 e. The van der Waals surface area contributed by atoms with E-state index in [1.54, 1.807) is 30.3 Å². The number of carbonyl (C=O) groups excluding carboxylic acids is 1. The van der Waals surface area contributed by atoms with Crippen LogP contribution in [0.25, 0.3) is 16.9 Å². The van der Waals surface area contributed by atoms with E-state index in [4.69, 9.17) is 14.7 Å². The van der Waals surface area contributed by atoms with Gasteiger partial charge in [0.2, 0.25) is 5.95 Å². The van der Waals surface area contributed by atoms with Gasteiger partial charge in [-0.05, 0) is 43.7 Å². The third-order valence-electron chi connectivity index (χ3n) is 6.87. The van der Waals surface area contributed by atoms with E-state index in [1.807, 2.05) is 4.90 Å². The van der Waals surface area contributed by atoms with Gasteiger partial charge < -0.3 is 15.0 Å². The lowest BCUT2D eigenvalue weighted by molar-refractivity contribution is -0.117. The van der Waals surface area contributed by atoms with Gasteiger partial charge in [-0.3, -0.25) is 9.36 Å². The zero-order valence-electron chi connectivity index (χ0n) is 19.9. The number of hydrogen-bond donors (Lipinski definition) is 1. The summed E-state index contributed by atoms with van der Waals surface area (Å²) in [5, 5.41) is 3.93. The van der Waals surface area contributed by atoms with Gasteiger partial charge in [-0.2, -0.15) is 9.97 Å². The second-order valence-corrected chi connectivity index (χ2v) is 9.90. The van der Waals surface area contributed by atoms with Gasteiger partial charge in [0.1, 0.15) is 17.4 Å². The van der Waals surface area contributed by atoms with Gasteiger partial charge in [0.15, 0.2) is 5.82 Å². The molecule has 0 bridgehead atoms. The number of nitrogens with zero attached hydrogens (tertiary/aromatic N) is 5. The van der Waals surface area contributed by atoms with E-state index in [-0.39, 0.29) is 17.6 Å². The SMILES string of the molecule is O=C(CBr)CC1CCC(Nc2cc(-n3c(C(F)F)nc4ccccc43)nc(N3CCOCC3)n2)CC1. The molecule has 2 aromatic heterocycles. The van der Waals surface area contributed by atoms with Crippen molar-refractivity contribution in [1.29, 1.82) is 0 Å². The number of benzene rings is 1. The average molecular weight is 563 g/mol. The minimum absolute atomic E-state index is 0.190. The number of Topliss-reactive ketones (excluding diaryl/α,β-unsaturated/α-hetero) is 1. The molecule has 8 nitrogen and oxygen atoms in total. The summed E-state index contributed by atoms with van der Waals surface area (Å²) in [5.74, 6) is 1.74. The van der Waals surface area contributed by atoms with Gasteiger partial charge in [-0.25, -0.2) is 13.8 Å². The molecule has 1 aliphatic heterocycles. The molecule has 3 aromatic rings. The van der Waals surface area contributed by atoms with E-state index in [0.29, 0.717) is 72.6 Å². The summed E-state index contributed by atoms with van der Waals surface area (Å²) in [6.07, 6.45) is 1.62. The molecule has 1 aromatic carbocycles. The largest absolute Gasteiger partial charge is 0.378 e. The van der Waals surface area contributed by atoms with Crippen LogP contribution in [0.2, 0.25) is 0 Å². The second kappa shape index (κ2) is 11.2. The first kappa shape index (κ1) is 25.0. The number of imidazole rings is 1. The zero-order valence-corrected chi connectivity index (χ0v) is 21.5. The highest BCUT2D eigenvalue weighted by molar-refractivity contribution is 9.09. The quantitative estimate of drug-likeness (QED) is 0.390. The van der Waals surface area contributed by atoms with Crippen molar-refractivity contribution in [1.82, 2.24) is 19.5 Å². The van der Waals surface area contributed by atoms with Gasteiger partial charge >= 0.3 is 0 Å². The third-order valence-corrected chi connectivity index (χ3v) is 7.50. The van der Waals surface area contributed by atoms with Crippen molar-refractivity contribution in [2.24, 2.45) is 5.92 Å². The van der Waals surface area contributed by atoms with Crippen LogP contribution >= 0.6 is 15.9 Å². The minimum atomic E-state index is -2.76. The molecule has 36 heavy (non-hydrogen) atoms. The van der Waals surface area contributed by atoms with E-state index in [1.165, 1.54) is 4.57 Å². The lowest BCUT2D eigenvalue weighted by atomic mass is 9.83. The van der Waals surface area contributed by atoms with Crippen LogP contribution in [0, 0.1) is 5.92 Å². The van der Waals surface area contributed by atoms with Crippen molar-refractivity contribution in [3.05, 3.63) is 36.2 Å². The van der Waals surface area contributed by atoms with Gasteiger partial charge in [-0.1, -0.05) is 28.1 Å². The monoisotopic (exact) mass is 562 g/mol. The normalized spacial score (nSPS) is 20.7. The highest BCUT2D eigenvalue weighted by Crippen LogP contribution is 2.32. The number of anilines is 2. The molecular weight excluding hydrogens is 534 g/mol. The number of nitrogens with one attached hydrogen (secondary N) is 1. The van der Waals surface area contributed by atoms with Gasteiger partial charge in [0.05, 0.1) is 29.6 Å². The van der Waals surface area contributed by atoms with E-state index < -0.39 is 6.43 Å². The zero-order chi connectivity index (χ0) is 25.1. The molecule has 1 saturated heterocycles. The summed E-state index contributed by atoms with van der Waals surface area (Å²) in [5.41, 5.74) is 1.06. The Morgan fingerprint density at radius 3 is 2.58 bits per heavy atom. The maximum atomic E-state index is 14.0. The summed E-state index contributed by atoms with van der Waals surface area (Å²) in [7, 11) is 0.